The zero-order valence-corrected chi connectivity index (χ0v) is 15.5. The first kappa shape index (κ1) is 19.4. The van der Waals surface area contributed by atoms with Gasteiger partial charge >= 0.3 is 6.09 Å². The average Bonchev–Trinajstić information content (AvgIpc) is 2.41. The molecule has 130 valence electrons. The minimum Gasteiger partial charge on any atom is -0.444 e. The molecule has 0 radical (unpaired) electrons. The third-order valence-electron chi connectivity index (χ3n) is 3.86. The first-order valence-electron chi connectivity index (χ1n) is 8.18. The van der Waals surface area contributed by atoms with Gasteiger partial charge in [-0.05, 0) is 59.4 Å². The number of likely N-dealkylation sites (tertiary alicyclic amines) is 1. The summed E-state index contributed by atoms with van der Waals surface area (Å²) >= 11 is 0. The maximum Gasteiger partial charge on any atom is 0.410 e. The molecule has 1 saturated heterocycles. The highest BCUT2D eigenvalue weighted by atomic mass is 32.2. The standard InChI is InChI=1S/C16H32N2O3S/c1-13(8-11-22(5)20)17-12-14-6-9-18(10-7-14)15(19)21-16(2,3)4/h13-14,17H,6-12H2,1-5H3. The van der Waals surface area contributed by atoms with Crippen molar-refractivity contribution < 1.29 is 13.7 Å². The number of carbonyl (C=O) groups excluding carboxylic acids is 1. The van der Waals surface area contributed by atoms with Crippen molar-refractivity contribution in [3.63, 3.8) is 0 Å². The monoisotopic (exact) mass is 332 g/mol. The SMILES string of the molecule is CC(CCS(C)=O)NCC1CCN(C(=O)OC(C)(C)C)CC1. The first-order valence-corrected chi connectivity index (χ1v) is 9.91. The number of piperidine rings is 1. The van der Waals surface area contributed by atoms with E-state index in [0.717, 1.165) is 44.6 Å². The van der Waals surface area contributed by atoms with E-state index in [9.17, 15) is 9.00 Å². The Morgan fingerprint density at radius 2 is 1.95 bits per heavy atom. The number of nitrogens with zero attached hydrogens (tertiary/aromatic N) is 1. The summed E-state index contributed by atoms with van der Waals surface area (Å²) < 4.78 is 16.5. The average molecular weight is 333 g/mol. The van der Waals surface area contributed by atoms with E-state index >= 15 is 0 Å². The van der Waals surface area contributed by atoms with Crippen molar-refractivity contribution in [1.29, 1.82) is 0 Å². The second kappa shape index (κ2) is 8.87. The van der Waals surface area contributed by atoms with Gasteiger partial charge in [0, 0.05) is 41.9 Å². The number of rotatable bonds is 6. The van der Waals surface area contributed by atoms with Crippen LogP contribution in [0.25, 0.3) is 0 Å². The number of amides is 1. The fourth-order valence-electron chi connectivity index (χ4n) is 2.46. The zero-order chi connectivity index (χ0) is 16.8. The second-order valence-electron chi connectivity index (χ2n) is 7.29. The van der Waals surface area contributed by atoms with E-state index in [1.807, 2.05) is 25.7 Å². The molecule has 6 heteroatoms. The second-order valence-corrected chi connectivity index (χ2v) is 8.84. The molecule has 0 spiro atoms. The lowest BCUT2D eigenvalue weighted by Crippen LogP contribution is -2.44. The molecule has 0 aromatic heterocycles. The molecule has 0 bridgehead atoms. The Morgan fingerprint density at radius 1 is 1.36 bits per heavy atom. The lowest BCUT2D eigenvalue weighted by Gasteiger charge is -2.34. The molecule has 22 heavy (non-hydrogen) atoms. The molecule has 1 aliphatic rings. The van der Waals surface area contributed by atoms with Crippen LogP contribution in [0, 0.1) is 5.92 Å². The lowest BCUT2D eigenvalue weighted by molar-refractivity contribution is 0.0183. The third kappa shape index (κ3) is 8.13. The molecular weight excluding hydrogens is 300 g/mol. The maximum atomic E-state index is 12.0. The molecule has 1 fully saturated rings. The van der Waals surface area contributed by atoms with Crippen LogP contribution in [-0.4, -0.2) is 58.5 Å². The molecule has 0 aromatic carbocycles. The summed E-state index contributed by atoms with van der Waals surface area (Å²) in [4.78, 5) is 13.8. The Balaban J connectivity index is 2.22. The minimum absolute atomic E-state index is 0.197. The molecule has 1 N–H and O–H groups in total. The van der Waals surface area contributed by atoms with E-state index in [2.05, 4.69) is 12.2 Å². The molecule has 0 aliphatic carbocycles. The van der Waals surface area contributed by atoms with Gasteiger partial charge in [0.1, 0.15) is 5.60 Å². The van der Waals surface area contributed by atoms with Crippen LogP contribution in [0.3, 0.4) is 0 Å². The molecule has 2 atom stereocenters. The Bertz CT molecular complexity index is 374. The van der Waals surface area contributed by atoms with Gasteiger partial charge in [0.2, 0.25) is 0 Å². The smallest absolute Gasteiger partial charge is 0.410 e. The first-order chi connectivity index (χ1) is 10.2. The Hall–Kier alpha value is -0.620. The molecule has 1 heterocycles. The predicted molar refractivity (Wildman–Crippen MR) is 91.5 cm³/mol. The van der Waals surface area contributed by atoms with Crippen molar-refractivity contribution in [2.24, 2.45) is 5.92 Å². The van der Waals surface area contributed by atoms with Crippen molar-refractivity contribution in [3.05, 3.63) is 0 Å². The number of hydrogen-bond acceptors (Lipinski definition) is 4. The normalized spacial score (nSPS) is 19.8. The van der Waals surface area contributed by atoms with Gasteiger partial charge in [-0.2, -0.15) is 0 Å². The van der Waals surface area contributed by atoms with E-state index in [1.54, 1.807) is 6.26 Å². The Morgan fingerprint density at radius 3 is 2.45 bits per heavy atom. The minimum atomic E-state index is -0.711. The van der Waals surface area contributed by atoms with Gasteiger partial charge in [0.25, 0.3) is 0 Å². The van der Waals surface area contributed by atoms with Crippen molar-refractivity contribution in [2.45, 2.75) is 58.6 Å². The van der Waals surface area contributed by atoms with Crippen molar-refractivity contribution in [2.75, 3.05) is 31.6 Å². The van der Waals surface area contributed by atoms with Crippen molar-refractivity contribution in [1.82, 2.24) is 10.2 Å². The molecule has 1 amide bonds. The van der Waals surface area contributed by atoms with Crippen molar-refractivity contribution in [3.8, 4) is 0 Å². The van der Waals surface area contributed by atoms with Crippen LogP contribution in [-0.2, 0) is 15.5 Å². The van der Waals surface area contributed by atoms with Gasteiger partial charge in [0.15, 0.2) is 0 Å². The molecule has 1 rings (SSSR count). The molecule has 5 nitrogen and oxygen atoms in total. The fourth-order valence-corrected chi connectivity index (χ4v) is 3.14. The highest BCUT2D eigenvalue weighted by Gasteiger charge is 2.26. The topological polar surface area (TPSA) is 58.6 Å². The molecule has 0 aromatic rings. The van der Waals surface area contributed by atoms with Crippen LogP contribution in [0.15, 0.2) is 0 Å². The highest BCUT2D eigenvalue weighted by Crippen LogP contribution is 2.19. The quantitative estimate of drug-likeness (QED) is 0.811. The third-order valence-corrected chi connectivity index (χ3v) is 4.67. The van der Waals surface area contributed by atoms with E-state index in [0.29, 0.717) is 12.0 Å². The van der Waals surface area contributed by atoms with E-state index in [4.69, 9.17) is 4.74 Å². The van der Waals surface area contributed by atoms with Gasteiger partial charge in [0.05, 0.1) is 0 Å². The summed E-state index contributed by atoms with van der Waals surface area (Å²) in [5, 5.41) is 3.52. The number of ether oxygens (including phenoxy) is 1. The summed E-state index contributed by atoms with van der Waals surface area (Å²) in [5.41, 5.74) is -0.426. The van der Waals surface area contributed by atoms with Crippen molar-refractivity contribution >= 4 is 16.9 Å². The molecule has 2 unspecified atom stereocenters. The number of carbonyl (C=O) groups is 1. The van der Waals surface area contributed by atoms with Crippen LogP contribution >= 0.6 is 0 Å². The largest absolute Gasteiger partial charge is 0.444 e. The maximum absolute atomic E-state index is 12.0. The molecule has 1 aliphatic heterocycles. The lowest BCUT2D eigenvalue weighted by atomic mass is 9.96. The summed E-state index contributed by atoms with van der Waals surface area (Å²) in [6.07, 6.45) is 4.52. The van der Waals surface area contributed by atoms with Crippen LogP contribution in [0.1, 0.15) is 47.0 Å². The fraction of sp³-hybridized carbons (Fsp3) is 0.938. The number of hydrogen-bond donors (Lipinski definition) is 1. The number of nitrogens with one attached hydrogen (secondary N) is 1. The summed E-state index contributed by atoms with van der Waals surface area (Å²) in [5.74, 6) is 1.36. The zero-order valence-electron chi connectivity index (χ0n) is 14.7. The summed E-state index contributed by atoms with van der Waals surface area (Å²) in [6, 6.07) is 0.396. The Labute approximate surface area is 137 Å². The van der Waals surface area contributed by atoms with Gasteiger partial charge in [-0.15, -0.1) is 0 Å². The summed E-state index contributed by atoms with van der Waals surface area (Å²) in [7, 11) is -0.711. The molecular formula is C16H32N2O3S. The van der Waals surface area contributed by atoms with E-state index < -0.39 is 16.4 Å². The van der Waals surface area contributed by atoms with Crippen LogP contribution in [0.2, 0.25) is 0 Å². The predicted octanol–water partition coefficient (Wildman–Crippen LogP) is 2.38. The van der Waals surface area contributed by atoms with Gasteiger partial charge in [-0.1, -0.05) is 0 Å². The van der Waals surface area contributed by atoms with Crippen LogP contribution in [0.5, 0.6) is 0 Å². The molecule has 0 saturated carbocycles. The van der Waals surface area contributed by atoms with Gasteiger partial charge in [-0.3, -0.25) is 4.21 Å². The Kier molecular flexibility index (Phi) is 7.83. The van der Waals surface area contributed by atoms with Crippen LogP contribution < -0.4 is 5.32 Å². The highest BCUT2D eigenvalue weighted by molar-refractivity contribution is 7.84. The summed E-state index contributed by atoms with van der Waals surface area (Å²) in [6.45, 7) is 10.3. The van der Waals surface area contributed by atoms with E-state index in [1.165, 1.54) is 0 Å². The van der Waals surface area contributed by atoms with Gasteiger partial charge in [-0.25, -0.2) is 4.79 Å². The van der Waals surface area contributed by atoms with Crippen LogP contribution in [0.4, 0.5) is 4.79 Å². The van der Waals surface area contributed by atoms with Gasteiger partial charge < -0.3 is 15.0 Å². The van der Waals surface area contributed by atoms with E-state index in [-0.39, 0.29) is 6.09 Å².